The molecule has 6 heteroatoms. The highest BCUT2D eigenvalue weighted by molar-refractivity contribution is 9.13. The fourth-order valence-corrected chi connectivity index (χ4v) is 4.39. The van der Waals surface area contributed by atoms with Crippen LogP contribution in [0.15, 0.2) is 37.0 Å². The molecule has 96 valence electrons. The molecule has 1 unspecified atom stereocenters. The van der Waals surface area contributed by atoms with Crippen molar-refractivity contribution >= 4 is 59.1 Å². The van der Waals surface area contributed by atoms with Gasteiger partial charge in [0.05, 0.1) is 9.83 Å². The van der Waals surface area contributed by atoms with E-state index in [1.54, 1.807) is 23.5 Å². The molecule has 1 aromatic heterocycles. The molecule has 0 bridgehead atoms. The van der Waals surface area contributed by atoms with Crippen LogP contribution in [0.1, 0.15) is 16.5 Å². The van der Waals surface area contributed by atoms with Gasteiger partial charge >= 0.3 is 0 Å². The molecule has 0 radical (unpaired) electrons. The van der Waals surface area contributed by atoms with Crippen LogP contribution in [-0.4, -0.2) is 7.05 Å². The van der Waals surface area contributed by atoms with Gasteiger partial charge in [-0.25, -0.2) is 4.39 Å². The molecule has 1 N–H and O–H groups in total. The third-order valence-electron chi connectivity index (χ3n) is 2.51. The van der Waals surface area contributed by atoms with E-state index in [2.05, 4.69) is 53.1 Å². The Hall–Kier alpha value is 0.250. The second-order valence-corrected chi connectivity index (χ2v) is 7.77. The Morgan fingerprint density at radius 2 is 1.89 bits per heavy atom. The number of thiophene rings is 1. The molecule has 2 rings (SSSR count). The van der Waals surface area contributed by atoms with Gasteiger partial charge in [0.25, 0.3) is 0 Å². The van der Waals surface area contributed by atoms with Gasteiger partial charge in [0, 0.05) is 13.8 Å². The number of rotatable bonds is 3. The molecular weight excluding hydrogens is 449 g/mol. The quantitative estimate of drug-likeness (QED) is 0.643. The molecule has 0 saturated heterocycles. The summed E-state index contributed by atoms with van der Waals surface area (Å²) in [5.74, 6) is -0.233. The van der Waals surface area contributed by atoms with Crippen molar-refractivity contribution in [1.82, 2.24) is 5.32 Å². The topological polar surface area (TPSA) is 12.0 Å². The van der Waals surface area contributed by atoms with Crippen LogP contribution in [-0.2, 0) is 0 Å². The smallest absolute Gasteiger partial charge is 0.123 e. The average Bonchev–Trinajstić information content (AvgIpc) is 2.65. The molecule has 0 aliphatic heterocycles. The number of nitrogens with one attached hydrogen (secondary N) is 1. The summed E-state index contributed by atoms with van der Waals surface area (Å²) < 4.78 is 16.3. The lowest BCUT2D eigenvalue weighted by atomic mass is 10.1. The molecule has 1 aromatic carbocycles. The molecule has 18 heavy (non-hydrogen) atoms. The Bertz CT molecular complexity index is 551. The first-order chi connectivity index (χ1) is 8.52. The lowest BCUT2D eigenvalue weighted by Gasteiger charge is -2.16. The lowest BCUT2D eigenvalue weighted by Crippen LogP contribution is -2.17. The maximum absolute atomic E-state index is 13.4. The highest BCUT2D eigenvalue weighted by atomic mass is 79.9. The number of hydrogen-bond acceptors (Lipinski definition) is 2. The largest absolute Gasteiger partial charge is 0.309 e. The lowest BCUT2D eigenvalue weighted by molar-refractivity contribution is 0.617. The normalized spacial score (nSPS) is 12.7. The van der Waals surface area contributed by atoms with Gasteiger partial charge in [-0.15, -0.1) is 11.3 Å². The van der Waals surface area contributed by atoms with Crippen molar-refractivity contribution in [2.24, 2.45) is 0 Å². The third kappa shape index (κ3) is 3.04. The van der Waals surface area contributed by atoms with Crippen molar-refractivity contribution in [3.63, 3.8) is 0 Å². The van der Waals surface area contributed by atoms with Crippen LogP contribution in [0.25, 0.3) is 0 Å². The SMILES string of the molecule is CNC(c1cc(Br)c(Br)s1)c1cc(F)ccc1Br. The highest BCUT2D eigenvalue weighted by Gasteiger charge is 2.19. The molecule has 0 amide bonds. The predicted molar refractivity (Wildman–Crippen MR) is 84.7 cm³/mol. The Labute approximate surface area is 134 Å². The van der Waals surface area contributed by atoms with Crippen molar-refractivity contribution in [3.8, 4) is 0 Å². The molecule has 1 heterocycles. The van der Waals surface area contributed by atoms with Crippen LogP contribution in [0.4, 0.5) is 4.39 Å². The molecule has 2 aromatic rings. The molecule has 0 aliphatic rings. The fraction of sp³-hybridized carbons (Fsp3) is 0.167. The summed E-state index contributed by atoms with van der Waals surface area (Å²) in [4.78, 5) is 1.11. The summed E-state index contributed by atoms with van der Waals surface area (Å²) >= 11 is 12.0. The second-order valence-electron chi connectivity index (χ2n) is 3.66. The summed E-state index contributed by atoms with van der Waals surface area (Å²) in [5.41, 5.74) is 0.888. The maximum Gasteiger partial charge on any atom is 0.123 e. The van der Waals surface area contributed by atoms with Gasteiger partial charge in [0.15, 0.2) is 0 Å². The van der Waals surface area contributed by atoms with Crippen LogP contribution in [0.5, 0.6) is 0 Å². The Balaban J connectivity index is 2.48. The zero-order valence-electron chi connectivity index (χ0n) is 9.31. The van der Waals surface area contributed by atoms with E-state index in [1.165, 1.54) is 6.07 Å². The molecule has 0 spiro atoms. The van der Waals surface area contributed by atoms with E-state index < -0.39 is 0 Å². The minimum atomic E-state index is -0.233. The van der Waals surface area contributed by atoms with E-state index in [4.69, 9.17) is 0 Å². The van der Waals surface area contributed by atoms with Gasteiger partial charge in [0.1, 0.15) is 5.82 Å². The summed E-state index contributed by atoms with van der Waals surface area (Å²) in [5, 5.41) is 3.22. The fourth-order valence-electron chi connectivity index (χ4n) is 1.69. The second kappa shape index (κ2) is 6.13. The van der Waals surface area contributed by atoms with Gasteiger partial charge in [-0.1, -0.05) is 15.9 Å². The van der Waals surface area contributed by atoms with Crippen molar-refractivity contribution in [2.75, 3.05) is 7.05 Å². The molecule has 1 nitrogen and oxygen atoms in total. The van der Waals surface area contributed by atoms with Gasteiger partial charge < -0.3 is 5.32 Å². The molecule has 1 atom stereocenters. The van der Waals surface area contributed by atoms with Crippen LogP contribution < -0.4 is 5.32 Å². The Morgan fingerprint density at radius 1 is 1.17 bits per heavy atom. The Morgan fingerprint density at radius 3 is 2.44 bits per heavy atom. The molecule has 0 saturated carbocycles. The highest BCUT2D eigenvalue weighted by Crippen LogP contribution is 2.39. The number of benzene rings is 1. The van der Waals surface area contributed by atoms with E-state index in [-0.39, 0.29) is 11.9 Å². The molecule has 0 aliphatic carbocycles. The minimum Gasteiger partial charge on any atom is -0.309 e. The Kier molecular flexibility index (Phi) is 4.99. The van der Waals surface area contributed by atoms with Crippen molar-refractivity contribution in [3.05, 3.63) is 53.3 Å². The average molecular weight is 458 g/mol. The van der Waals surface area contributed by atoms with Gasteiger partial charge in [-0.2, -0.15) is 0 Å². The monoisotopic (exact) mass is 455 g/mol. The first kappa shape index (κ1) is 14.7. The van der Waals surface area contributed by atoms with Crippen molar-refractivity contribution < 1.29 is 4.39 Å². The summed E-state index contributed by atoms with van der Waals surface area (Å²) in [6.45, 7) is 0. The third-order valence-corrected chi connectivity index (χ3v) is 6.55. The van der Waals surface area contributed by atoms with E-state index >= 15 is 0 Å². The summed E-state index contributed by atoms with van der Waals surface area (Å²) in [6.07, 6.45) is 0. The first-order valence-electron chi connectivity index (χ1n) is 5.10. The van der Waals surface area contributed by atoms with Gasteiger partial charge in [-0.3, -0.25) is 0 Å². The van der Waals surface area contributed by atoms with Gasteiger partial charge in [0.2, 0.25) is 0 Å². The van der Waals surface area contributed by atoms with Crippen molar-refractivity contribution in [2.45, 2.75) is 6.04 Å². The van der Waals surface area contributed by atoms with Crippen LogP contribution in [0, 0.1) is 5.82 Å². The van der Waals surface area contributed by atoms with Crippen LogP contribution in [0.3, 0.4) is 0 Å². The first-order valence-corrected chi connectivity index (χ1v) is 8.29. The zero-order valence-corrected chi connectivity index (χ0v) is 14.9. The summed E-state index contributed by atoms with van der Waals surface area (Å²) in [6, 6.07) is 6.72. The zero-order chi connectivity index (χ0) is 13.3. The van der Waals surface area contributed by atoms with E-state index in [0.29, 0.717) is 0 Å². The minimum absolute atomic E-state index is 0.0392. The molecule has 0 fully saturated rings. The van der Waals surface area contributed by atoms with E-state index in [1.807, 2.05) is 13.1 Å². The maximum atomic E-state index is 13.4. The van der Waals surface area contributed by atoms with E-state index in [0.717, 1.165) is 23.2 Å². The predicted octanol–water partition coefficient (Wildman–Crippen LogP) is 5.48. The van der Waals surface area contributed by atoms with Gasteiger partial charge in [-0.05, 0) is 68.7 Å². The number of hydrogen-bond donors (Lipinski definition) is 1. The van der Waals surface area contributed by atoms with Crippen molar-refractivity contribution in [1.29, 1.82) is 0 Å². The van der Waals surface area contributed by atoms with Crippen LogP contribution >= 0.6 is 59.1 Å². The number of halogens is 4. The van der Waals surface area contributed by atoms with Crippen LogP contribution in [0.2, 0.25) is 0 Å². The standard InChI is InChI=1S/C12H9Br3FNS/c1-17-11(10-5-9(14)12(15)18-10)7-4-6(16)2-3-8(7)13/h2-5,11,17H,1H3. The van der Waals surface area contributed by atoms with E-state index in [9.17, 15) is 4.39 Å². The summed E-state index contributed by atoms with van der Waals surface area (Å²) in [7, 11) is 1.86. The molecular formula is C12H9Br3FNS.